The topological polar surface area (TPSA) is 41.1 Å². The molecule has 1 aliphatic carbocycles. The summed E-state index contributed by atoms with van der Waals surface area (Å²) in [6, 6.07) is 0.458. The van der Waals surface area contributed by atoms with E-state index in [1.54, 1.807) is 0 Å². The van der Waals surface area contributed by atoms with Gasteiger partial charge in [-0.25, -0.2) is 5.43 Å². The molecule has 0 bridgehead atoms. The number of carbonyl (C=O) groups excluding carboxylic acids is 1. The Labute approximate surface area is 72.3 Å². The van der Waals surface area contributed by atoms with E-state index in [0.29, 0.717) is 6.04 Å². The van der Waals surface area contributed by atoms with Crippen molar-refractivity contribution in [3.05, 3.63) is 0 Å². The monoisotopic (exact) mass is 174 g/mol. The van der Waals surface area contributed by atoms with Crippen LogP contribution >= 0.6 is 12.6 Å². The Morgan fingerprint density at radius 2 is 1.91 bits per heavy atom. The molecule has 0 aromatic carbocycles. The highest BCUT2D eigenvalue weighted by molar-refractivity contribution is 7.96. The van der Waals surface area contributed by atoms with Gasteiger partial charge >= 0.3 is 0 Å². The van der Waals surface area contributed by atoms with Crippen molar-refractivity contribution >= 4 is 17.9 Å². The molecule has 2 N–H and O–H groups in total. The Bertz CT molecular complexity index is 134. The molecule has 0 radical (unpaired) electrons. The normalized spacial score (nSPS) is 19.7. The first-order valence-corrected chi connectivity index (χ1v) is 4.48. The average Bonchev–Trinajstić information content (AvgIpc) is 2.03. The second-order valence-electron chi connectivity index (χ2n) is 2.91. The third-order valence-corrected chi connectivity index (χ3v) is 2.10. The van der Waals surface area contributed by atoms with Gasteiger partial charge in [-0.1, -0.05) is 31.9 Å². The van der Waals surface area contributed by atoms with Crippen LogP contribution in [0.2, 0.25) is 0 Å². The van der Waals surface area contributed by atoms with Crippen LogP contribution in [0.15, 0.2) is 0 Å². The quantitative estimate of drug-likeness (QED) is 0.438. The van der Waals surface area contributed by atoms with E-state index < -0.39 is 0 Å². The summed E-state index contributed by atoms with van der Waals surface area (Å²) in [6.07, 6.45) is 6.18. The van der Waals surface area contributed by atoms with Gasteiger partial charge in [0.1, 0.15) is 0 Å². The van der Waals surface area contributed by atoms with Gasteiger partial charge in [-0.05, 0) is 12.8 Å². The van der Waals surface area contributed by atoms with E-state index >= 15 is 0 Å². The lowest BCUT2D eigenvalue weighted by atomic mass is 9.96. The third kappa shape index (κ3) is 3.62. The van der Waals surface area contributed by atoms with E-state index in [9.17, 15) is 4.79 Å². The highest BCUT2D eigenvalue weighted by atomic mass is 32.1. The summed E-state index contributed by atoms with van der Waals surface area (Å²) in [5.41, 5.74) is 5.44. The fraction of sp³-hybridized carbons (Fsp3) is 0.857. The number of hydrogen-bond donors (Lipinski definition) is 3. The van der Waals surface area contributed by atoms with Crippen molar-refractivity contribution in [3.63, 3.8) is 0 Å². The Balaban J connectivity index is 2.09. The van der Waals surface area contributed by atoms with Crippen molar-refractivity contribution in [1.82, 2.24) is 10.9 Å². The number of amides is 1. The zero-order chi connectivity index (χ0) is 8.10. The Kier molecular flexibility index (Phi) is 3.72. The molecule has 0 aromatic rings. The largest absolute Gasteiger partial charge is 0.290 e. The number of rotatable bonds is 2. The highest BCUT2D eigenvalue weighted by Gasteiger charge is 2.12. The molecule has 1 aliphatic rings. The highest BCUT2D eigenvalue weighted by Crippen LogP contribution is 2.16. The Morgan fingerprint density at radius 3 is 2.45 bits per heavy atom. The molecular formula is C7H14N2OS. The minimum absolute atomic E-state index is 0.310. The summed E-state index contributed by atoms with van der Waals surface area (Å²) < 4.78 is 0. The van der Waals surface area contributed by atoms with Crippen LogP contribution in [0.3, 0.4) is 0 Å². The first kappa shape index (κ1) is 8.87. The molecule has 1 rings (SSSR count). The van der Waals surface area contributed by atoms with Crippen LogP contribution in [0, 0.1) is 0 Å². The van der Waals surface area contributed by atoms with Crippen LogP contribution in [0.5, 0.6) is 0 Å². The lowest BCUT2D eigenvalue weighted by Gasteiger charge is -2.22. The van der Waals surface area contributed by atoms with Crippen molar-refractivity contribution in [3.8, 4) is 0 Å². The van der Waals surface area contributed by atoms with Gasteiger partial charge in [0.05, 0.1) is 0 Å². The second kappa shape index (κ2) is 4.62. The maximum Gasteiger partial charge on any atom is 0.290 e. The first-order chi connectivity index (χ1) is 5.29. The average molecular weight is 174 g/mol. The first-order valence-electron chi connectivity index (χ1n) is 4.03. The molecule has 0 unspecified atom stereocenters. The smallest absolute Gasteiger partial charge is 0.282 e. The van der Waals surface area contributed by atoms with Crippen molar-refractivity contribution in [2.45, 2.75) is 38.1 Å². The SMILES string of the molecule is O=C(S)NNC1CCCCC1. The molecule has 0 spiro atoms. The van der Waals surface area contributed by atoms with Gasteiger partial charge < -0.3 is 0 Å². The van der Waals surface area contributed by atoms with Crippen molar-refractivity contribution in [1.29, 1.82) is 0 Å². The molecular weight excluding hydrogens is 160 g/mol. The molecule has 1 fully saturated rings. The molecule has 64 valence electrons. The van der Waals surface area contributed by atoms with Crippen molar-refractivity contribution in [2.24, 2.45) is 0 Å². The summed E-state index contributed by atoms with van der Waals surface area (Å²) in [6.45, 7) is 0. The minimum atomic E-state index is -0.310. The molecule has 1 saturated carbocycles. The maximum atomic E-state index is 10.4. The van der Waals surface area contributed by atoms with Gasteiger partial charge in [0.15, 0.2) is 0 Å². The van der Waals surface area contributed by atoms with E-state index in [4.69, 9.17) is 0 Å². The van der Waals surface area contributed by atoms with E-state index in [1.165, 1.54) is 19.3 Å². The molecule has 11 heavy (non-hydrogen) atoms. The predicted octanol–water partition coefficient (Wildman–Crippen LogP) is 1.46. The Morgan fingerprint density at radius 1 is 1.27 bits per heavy atom. The number of carbonyl (C=O) groups is 1. The zero-order valence-corrected chi connectivity index (χ0v) is 7.36. The van der Waals surface area contributed by atoms with Gasteiger partial charge in [0.2, 0.25) is 0 Å². The zero-order valence-electron chi connectivity index (χ0n) is 6.47. The van der Waals surface area contributed by atoms with Crippen molar-refractivity contribution < 1.29 is 4.79 Å². The third-order valence-electron chi connectivity index (χ3n) is 1.99. The van der Waals surface area contributed by atoms with Crippen LogP contribution in [-0.4, -0.2) is 11.3 Å². The second-order valence-corrected chi connectivity index (χ2v) is 3.32. The van der Waals surface area contributed by atoms with Crippen LogP contribution in [0.25, 0.3) is 0 Å². The summed E-state index contributed by atoms with van der Waals surface area (Å²) in [7, 11) is 0. The molecule has 0 atom stereocenters. The number of nitrogens with one attached hydrogen (secondary N) is 2. The number of hydrogen-bond acceptors (Lipinski definition) is 2. The van der Waals surface area contributed by atoms with E-state index in [1.807, 2.05) is 0 Å². The lowest BCUT2D eigenvalue weighted by molar-refractivity contribution is 0.251. The standard InChI is InChI=1S/C7H14N2OS/c10-7(11)9-8-6-4-2-1-3-5-6/h6,8H,1-5H2,(H2,9,10,11). The summed E-state index contributed by atoms with van der Waals surface area (Å²) >= 11 is 3.59. The van der Waals surface area contributed by atoms with Crippen molar-refractivity contribution in [2.75, 3.05) is 0 Å². The summed E-state index contributed by atoms with van der Waals surface area (Å²) in [5, 5.41) is -0.310. The summed E-state index contributed by atoms with van der Waals surface area (Å²) in [4.78, 5) is 10.4. The van der Waals surface area contributed by atoms with Crippen LogP contribution in [0.1, 0.15) is 32.1 Å². The fourth-order valence-corrected chi connectivity index (χ4v) is 1.48. The molecule has 1 amide bonds. The maximum absolute atomic E-state index is 10.4. The summed E-state index contributed by atoms with van der Waals surface area (Å²) in [5.74, 6) is 0. The van der Waals surface area contributed by atoms with Gasteiger partial charge in [-0.2, -0.15) is 0 Å². The van der Waals surface area contributed by atoms with Crippen LogP contribution < -0.4 is 10.9 Å². The van der Waals surface area contributed by atoms with Gasteiger partial charge in [0.25, 0.3) is 5.24 Å². The molecule has 4 heteroatoms. The molecule has 3 nitrogen and oxygen atoms in total. The van der Waals surface area contributed by atoms with Gasteiger partial charge in [-0.3, -0.25) is 10.2 Å². The van der Waals surface area contributed by atoms with Gasteiger partial charge in [-0.15, -0.1) is 0 Å². The lowest BCUT2D eigenvalue weighted by Crippen LogP contribution is -2.42. The van der Waals surface area contributed by atoms with E-state index in [2.05, 4.69) is 23.5 Å². The molecule has 0 saturated heterocycles. The van der Waals surface area contributed by atoms with Crippen LogP contribution in [-0.2, 0) is 0 Å². The molecule has 0 aliphatic heterocycles. The molecule has 0 aromatic heterocycles. The number of hydrazine groups is 1. The van der Waals surface area contributed by atoms with E-state index in [-0.39, 0.29) is 5.24 Å². The fourth-order valence-electron chi connectivity index (χ4n) is 1.41. The van der Waals surface area contributed by atoms with Gasteiger partial charge in [0, 0.05) is 6.04 Å². The minimum Gasteiger partial charge on any atom is -0.282 e. The predicted molar refractivity (Wildman–Crippen MR) is 47.5 cm³/mol. The molecule has 0 heterocycles. The Hall–Kier alpha value is -0.220. The van der Waals surface area contributed by atoms with Crippen LogP contribution in [0.4, 0.5) is 4.79 Å². The van der Waals surface area contributed by atoms with E-state index in [0.717, 1.165) is 12.8 Å². The number of thiol groups is 1.